The zero-order chi connectivity index (χ0) is 12.8. The Labute approximate surface area is 108 Å². The fourth-order valence-electron chi connectivity index (χ4n) is 1.60. The molecule has 94 valence electrons. The summed E-state index contributed by atoms with van der Waals surface area (Å²) in [5.74, 6) is 1.37. The predicted octanol–water partition coefficient (Wildman–Crippen LogP) is 2.28. The SMILES string of the molecule is CC(C)CNCc1cnc(-c2cccnc2)nc1. The number of aromatic nitrogens is 3. The average molecular weight is 242 g/mol. The molecule has 0 aromatic carbocycles. The second-order valence-electron chi connectivity index (χ2n) is 4.68. The molecule has 2 aromatic heterocycles. The van der Waals surface area contributed by atoms with Crippen molar-refractivity contribution in [2.75, 3.05) is 6.54 Å². The zero-order valence-electron chi connectivity index (χ0n) is 10.8. The van der Waals surface area contributed by atoms with Crippen molar-refractivity contribution in [1.29, 1.82) is 0 Å². The normalized spacial score (nSPS) is 10.8. The van der Waals surface area contributed by atoms with Crippen LogP contribution < -0.4 is 5.32 Å². The molecule has 0 amide bonds. The van der Waals surface area contributed by atoms with Gasteiger partial charge in [-0.25, -0.2) is 9.97 Å². The minimum absolute atomic E-state index is 0.653. The van der Waals surface area contributed by atoms with Crippen molar-refractivity contribution < 1.29 is 0 Å². The third kappa shape index (κ3) is 3.60. The van der Waals surface area contributed by atoms with Gasteiger partial charge in [0.1, 0.15) is 0 Å². The first-order valence-corrected chi connectivity index (χ1v) is 6.17. The van der Waals surface area contributed by atoms with Gasteiger partial charge in [-0.1, -0.05) is 13.8 Å². The molecule has 0 aliphatic carbocycles. The fourth-order valence-corrected chi connectivity index (χ4v) is 1.60. The Morgan fingerprint density at radius 2 is 1.94 bits per heavy atom. The van der Waals surface area contributed by atoms with Gasteiger partial charge in [-0.15, -0.1) is 0 Å². The van der Waals surface area contributed by atoms with Crippen molar-refractivity contribution in [3.05, 3.63) is 42.5 Å². The summed E-state index contributed by atoms with van der Waals surface area (Å²) >= 11 is 0. The predicted molar refractivity (Wildman–Crippen MR) is 71.8 cm³/mol. The van der Waals surface area contributed by atoms with E-state index in [4.69, 9.17) is 0 Å². The first kappa shape index (κ1) is 12.6. The van der Waals surface area contributed by atoms with Gasteiger partial charge in [-0.2, -0.15) is 0 Å². The molecule has 0 saturated carbocycles. The second kappa shape index (κ2) is 6.21. The summed E-state index contributed by atoms with van der Waals surface area (Å²) in [6.07, 6.45) is 7.24. The summed E-state index contributed by atoms with van der Waals surface area (Å²) < 4.78 is 0. The molecule has 1 N–H and O–H groups in total. The van der Waals surface area contributed by atoms with E-state index in [1.165, 1.54) is 0 Å². The molecular formula is C14H18N4. The highest BCUT2D eigenvalue weighted by atomic mass is 14.9. The molecule has 4 heteroatoms. The van der Waals surface area contributed by atoms with Gasteiger partial charge in [0.25, 0.3) is 0 Å². The third-order valence-corrected chi connectivity index (χ3v) is 2.51. The molecule has 4 nitrogen and oxygen atoms in total. The number of hydrogen-bond acceptors (Lipinski definition) is 4. The highest BCUT2D eigenvalue weighted by Crippen LogP contribution is 2.11. The van der Waals surface area contributed by atoms with Crippen molar-refractivity contribution in [2.45, 2.75) is 20.4 Å². The van der Waals surface area contributed by atoms with E-state index in [0.29, 0.717) is 5.92 Å². The number of pyridine rings is 1. The van der Waals surface area contributed by atoms with Crippen molar-refractivity contribution in [1.82, 2.24) is 20.3 Å². The zero-order valence-corrected chi connectivity index (χ0v) is 10.8. The monoisotopic (exact) mass is 242 g/mol. The molecule has 0 radical (unpaired) electrons. The lowest BCUT2D eigenvalue weighted by molar-refractivity contribution is 0.551. The maximum atomic E-state index is 4.36. The van der Waals surface area contributed by atoms with Crippen LogP contribution >= 0.6 is 0 Å². The second-order valence-corrected chi connectivity index (χ2v) is 4.68. The Bertz CT molecular complexity index is 465. The van der Waals surface area contributed by atoms with Gasteiger partial charge in [0.2, 0.25) is 0 Å². The van der Waals surface area contributed by atoms with Crippen LogP contribution in [0.5, 0.6) is 0 Å². The highest BCUT2D eigenvalue weighted by Gasteiger charge is 2.01. The average Bonchev–Trinajstić information content (AvgIpc) is 2.40. The molecular weight excluding hydrogens is 224 g/mol. The van der Waals surface area contributed by atoms with Crippen molar-refractivity contribution in [3.63, 3.8) is 0 Å². The van der Waals surface area contributed by atoms with Crippen LogP contribution in [0.4, 0.5) is 0 Å². The molecule has 0 spiro atoms. The van der Waals surface area contributed by atoms with Crippen molar-refractivity contribution >= 4 is 0 Å². The van der Waals surface area contributed by atoms with Gasteiger partial charge < -0.3 is 5.32 Å². The van der Waals surface area contributed by atoms with Crippen LogP contribution in [-0.4, -0.2) is 21.5 Å². The standard InChI is InChI=1S/C14H18N4/c1-11(2)6-16-7-12-8-17-14(18-9-12)13-4-3-5-15-10-13/h3-5,8-11,16H,6-7H2,1-2H3. The summed E-state index contributed by atoms with van der Waals surface area (Å²) in [5, 5.41) is 3.37. The number of nitrogens with zero attached hydrogens (tertiary/aromatic N) is 3. The van der Waals surface area contributed by atoms with E-state index in [-0.39, 0.29) is 0 Å². The van der Waals surface area contributed by atoms with Crippen LogP contribution in [-0.2, 0) is 6.54 Å². The molecule has 0 aliphatic rings. The minimum atomic E-state index is 0.653. The van der Waals surface area contributed by atoms with Gasteiger partial charge >= 0.3 is 0 Å². The van der Waals surface area contributed by atoms with Crippen LogP contribution in [0.1, 0.15) is 19.4 Å². The van der Waals surface area contributed by atoms with Gasteiger partial charge in [0.15, 0.2) is 5.82 Å². The summed E-state index contributed by atoms with van der Waals surface area (Å²) in [6, 6.07) is 3.84. The maximum absolute atomic E-state index is 4.36. The lowest BCUT2D eigenvalue weighted by Crippen LogP contribution is -2.19. The molecule has 2 heterocycles. The summed E-state index contributed by atoms with van der Waals surface area (Å²) in [5.41, 5.74) is 2.04. The van der Waals surface area contributed by atoms with Gasteiger partial charge in [-0.05, 0) is 24.6 Å². The summed E-state index contributed by atoms with van der Waals surface area (Å²) in [4.78, 5) is 12.8. The largest absolute Gasteiger partial charge is 0.312 e. The highest BCUT2D eigenvalue weighted by molar-refractivity contribution is 5.52. The van der Waals surface area contributed by atoms with Gasteiger partial charge in [0, 0.05) is 42.5 Å². The Morgan fingerprint density at radius 1 is 1.17 bits per heavy atom. The van der Waals surface area contributed by atoms with E-state index in [9.17, 15) is 0 Å². The molecule has 0 saturated heterocycles. The summed E-state index contributed by atoms with van der Waals surface area (Å²) in [7, 11) is 0. The smallest absolute Gasteiger partial charge is 0.160 e. The fraction of sp³-hybridized carbons (Fsp3) is 0.357. The Morgan fingerprint density at radius 3 is 2.56 bits per heavy atom. The molecule has 2 aromatic rings. The van der Waals surface area contributed by atoms with Crippen molar-refractivity contribution in [3.8, 4) is 11.4 Å². The van der Waals surface area contributed by atoms with E-state index in [0.717, 1.165) is 30.0 Å². The minimum Gasteiger partial charge on any atom is -0.312 e. The van der Waals surface area contributed by atoms with E-state index in [1.54, 1.807) is 12.4 Å². The number of rotatable bonds is 5. The summed E-state index contributed by atoms with van der Waals surface area (Å²) in [6.45, 7) is 6.19. The van der Waals surface area contributed by atoms with Crippen LogP contribution in [0.2, 0.25) is 0 Å². The maximum Gasteiger partial charge on any atom is 0.160 e. The van der Waals surface area contributed by atoms with E-state index < -0.39 is 0 Å². The van der Waals surface area contributed by atoms with Crippen LogP contribution in [0.25, 0.3) is 11.4 Å². The van der Waals surface area contributed by atoms with Crippen LogP contribution in [0.15, 0.2) is 36.9 Å². The molecule has 0 fully saturated rings. The lowest BCUT2D eigenvalue weighted by Gasteiger charge is -2.07. The number of nitrogens with one attached hydrogen (secondary N) is 1. The molecule has 0 unspecified atom stereocenters. The Kier molecular flexibility index (Phi) is 4.36. The first-order valence-electron chi connectivity index (χ1n) is 6.17. The Hall–Kier alpha value is -1.81. The van der Waals surface area contributed by atoms with Gasteiger partial charge in [0.05, 0.1) is 0 Å². The van der Waals surface area contributed by atoms with Crippen LogP contribution in [0.3, 0.4) is 0 Å². The molecule has 18 heavy (non-hydrogen) atoms. The van der Waals surface area contributed by atoms with E-state index in [1.807, 2.05) is 24.5 Å². The first-order chi connectivity index (χ1) is 8.75. The van der Waals surface area contributed by atoms with Crippen LogP contribution in [0, 0.1) is 5.92 Å². The molecule has 2 rings (SSSR count). The third-order valence-electron chi connectivity index (χ3n) is 2.51. The lowest BCUT2D eigenvalue weighted by atomic mass is 10.2. The van der Waals surface area contributed by atoms with Gasteiger partial charge in [-0.3, -0.25) is 4.98 Å². The van der Waals surface area contributed by atoms with Crippen molar-refractivity contribution in [2.24, 2.45) is 5.92 Å². The molecule has 0 aliphatic heterocycles. The molecule has 0 bridgehead atoms. The van der Waals surface area contributed by atoms with E-state index in [2.05, 4.69) is 34.1 Å². The quantitative estimate of drug-likeness (QED) is 0.874. The Balaban J connectivity index is 1.98. The van der Waals surface area contributed by atoms with E-state index >= 15 is 0 Å². The molecule has 0 atom stereocenters. The topological polar surface area (TPSA) is 50.7 Å². The number of hydrogen-bond donors (Lipinski definition) is 1.